The van der Waals surface area contributed by atoms with E-state index in [0.717, 1.165) is 0 Å². The topological polar surface area (TPSA) is 76.2 Å². The predicted octanol–water partition coefficient (Wildman–Crippen LogP) is 2.68. The van der Waals surface area contributed by atoms with Crippen molar-refractivity contribution in [2.24, 2.45) is 0 Å². The van der Waals surface area contributed by atoms with Crippen molar-refractivity contribution >= 4 is 5.97 Å². The van der Waals surface area contributed by atoms with Crippen LogP contribution in [-0.4, -0.2) is 27.9 Å². The molecule has 0 saturated heterocycles. The molecule has 2 aromatic rings. The van der Waals surface area contributed by atoms with E-state index in [-0.39, 0.29) is 11.5 Å². The van der Waals surface area contributed by atoms with Gasteiger partial charge in [-0.15, -0.1) is 0 Å². The fourth-order valence-electron chi connectivity index (χ4n) is 1.43. The number of hydrogen-bond donors (Lipinski definition) is 1. The first kappa shape index (κ1) is 13.2. The molecule has 6 heteroatoms. The lowest BCUT2D eigenvalue weighted by atomic mass is 9.96. The van der Waals surface area contributed by atoms with Gasteiger partial charge in [0.25, 0.3) is 0 Å². The average Bonchev–Trinajstić information content (AvgIpc) is 2.89. The predicted molar refractivity (Wildman–Crippen MR) is 65.7 cm³/mol. The largest absolute Gasteiger partial charge is 0.478 e. The summed E-state index contributed by atoms with van der Waals surface area (Å²) in [6.45, 7) is 2.72. The summed E-state index contributed by atoms with van der Waals surface area (Å²) >= 11 is 0. The minimum Gasteiger partial charge on any atom is -0.478 e. The lowest BCUT2D eigenvalue weighted by Crippen LogP contribution is -2.19. The molecule has 0 fully saturated rings. The van der Waals surface area contributed by atoms with Crippen molar-refractivity contribution in [2.45, 2.75) is 19.3 Å². The molecule has 19 heavy (non-hydrogen) atoms. The van der Waals surface area contributed by atoms with Crippen molar-refractivity contribution in [1.29, 1.82) is 0 Å². The van der Waals surface area contributed by atoms with Gasteiger partial charge in [-0.1, -0.05) is 17.3 Å². The van der Waals surface area contributed by atoms with Gasteiger partial charge < -0.3 is 9.63 Å². The molecule has 0 aliphatic heterocycles. The van der Waals surface area contributed by atoms with Gasteiger partial charge in [-0.05, 0) is 26.0 Å². The van der Waals surface area contributed by atoms with Crippen molar-refractivity contribution in [3.8, 4) is 11.4 Å². The third kappa shape index (κ3) is 2.62. The molecule has 0 aliphatic carbocycles. The van der Waals surface area contributed by atoms with Crippen LogP contribution in [0.1, 0.15) is 30.1 Å². The molecule has 2 rings (SSSR count). The number of halogens is 1. The smallest absolute Gasteiger partial charge is 0.335 e. The number of nitrogens with zero attached hydrogens (tertiary/aromatic N) is 2. The summed E-state index contributed by atoms with van der Waals surface area (Å²) in [4.78, 5) is 14.9. The molecular weight excluding hydrogens is 251 g/mol. The Morgan fingerprint density at radius 2 is 2.00 bits per heavy atom. The summed E-state index contributed by atoms with van der Waals surface area (Å²) in [7, 11) is 0. The van der Waals surface area contributed by atoms with Crippen LogP contribution < -0.4 is 0 Å². The van der Waals surface area contributed by atoms with Crippen LogP contribution in [0.3, 0.4) is 0 Å². The first-order chi connectivity index (χ1) is 8.94. The number of carbonyl (C=O) groups is 1. The minimum atomic E-state index is -1.00. The second kappa shape index (κ2) is 4.79. The Labute approximate surface area is 109 Å². The second-order valence-electron chi connectivity index (χ2n) is 4.82. The van der Waals surface area contributed by atoms with Gasteiger partial charge in [-0.25, -0.2) is 9.18 Å². The zero-order valence-electron chi connectivity index (χ0n) is 10.6. The van der Waals surface area contributed by atoms with Gasteiger partial charge in [0.15, 0.2) is 0 Å². The molecule has 1 N–H and O–H groups in total. The average molecular weight is 264 g/mol. The maximum atomic E-state index is 12.8. The van der Waals surface area contributed by atoms with Crippen molar-refractivity contribution < 1.29 is 18.8 Å². The maximum Gasteiger partial charge on any atom is 0.335 e. The lowest BCUT2D eigenvalue weighted by molar-refractivity contribution is 0.0697. The van der Waals surface area contributed by atoms with Crippen molar-refractivity contribution in [1.82, 2.24) is 10.1 Å². The molecule has 0 atom stereocenters. The monoisotopic (exact) mass is 264 g/mol. The lowest BCUT2D eigenvalue weighted by Gasteiger charge is -2.13. The van der Waals surface area contributed by atoms with E-state index in [4.69, 9.17) is 9.63 Å². The molecule has 0 unspecified atom stereocenters. The highest BCUT2D eigenvalue weighted by atomic mass is 19.1. The number of aromatic nitrogens is 2. The summed E-state index contributed by atoms with van der Waals surface area (Å²) in [5.41, 5.74) is -0.0297. The molecule has 0 spiro atoms. The Bertz CT molecular complexity index is 590. The zero-order valence-corrected chi connectivity index (χ0v) is 10.6. The zero-order chi connectivity index (χ0) is 14.0. The normalized spacial score (nSPS) is 11.5. The number of aromatic carboxylic acids is 1. The van der Waals surface area contributed by atoms with E-state index in [1.54, 1.807) is 26.0 Å². The van der Waals surface area contributed by atoms with Crippen LogP contribution >= 0.6 is 0 Å². The Hall–Kier alpha value is -2.24. The Morgan fingerprint density at radius 1 is 1.37 bits per heavy atom. The van der Waals surface area contributed by atoms with Gasteiger partial charge in [0.1, 0.15) is 6.67 Å². The minimum absolute atomic E-state index is 0.177. The molecular formula is C13H13FN2O3. The second-order valence-corrected chi connectivity index (χ2v) is 4.82. The molecule has 0 aliphatic rings. The summed E-state index contributed by atoms with van der Waals surface area (Å²) in [6, 6.07) is 6.07. The molecule has 1 aromatic heterocycles. The molecule has 1 aromatic carbocycles. The summed E-state index contributed by atoms with van der Waals surface area (Å²) in [5.74, 6) is -0.473. The van der Waals surface area contributed by atoms with E-state index in [1.807, 2.05) is 0 Å². The Kier molecular flexibility index (Phi) is 3.33. The quantitative estimate of drug-likeness (QED) is 0.918. The SMILES string of the molecule is CC(C)(CF)c1nc(-c2ccc(C(=O)O)cc2)no1. The van der Waals surface area contributed by atoms with Gasteiger partial charge in [0.2, 0.25) is 11.7 Å². The van der Waals surface area contributed by atoms with Crippen LogP contribution in [0.15, 0.2) is 28.8 Å². The van der Waals surface area contributed by atoms with Crippen molar-refractivity contribution in [3.05, 3.63) is 35.7 Å². The van der Waals surface area contributed by atoms with Crippen LogP contribution in [0.25, 0.3) is 11.4 Å². The van der Waals surface area contributed by atoms with E-state index < -0.39 is 18.1 Å². The molecule has 0 bridgehead atoms. The number of benzene rings is 1. The van der Waals surface area contributed by atoms with Crippen molar-refractivity contribution in [2.75, 3.05) is 6.67 Å². The fraction of sp³-hybridized carbons (Fsp3) is 0.308. The summed E-state index contributed by atoms with van der Waals surface area (Å²) in [5, 5.41) is 12.6. The number of alkyl halides is 1. The van der Waals surface area contributed by atoms with Crippen LogP contribution in [0.5, 0.6) is 0 Å². The van der Waals surface area contributed by atoms with Gasteiger partial charge in [-0.2, -0.15) is 4.98 Å². The van der Waals surface area contributed by atoms with E-state index >= 15 is 0 Å². The number of carboxylic acid groups (broad SMARTS) is 1. The molecule has 0 radical (unpaired) electrons. The summed E-state index contributed by atoms with van der Waals surface area (Å²) in [6.07, 6.45) is 0. The van der Waals surface area contributed by atoms with E-state index in [0.29, 0.717) is 11.4 Å². The Morgan fingerprint density at radius 3 is 2.53 bits per heavy atom. The highest BCUT2D eigenvalue weighted by Gasteiger charge is 2.28. The van der Waals surface area contributed by atoms with Gasteiger partial charge in [0, 0.05) is 5.56 Å². The number of carboxylic acids is 1. The molecule has 1 heterocycles. The van der Waals surface area contributed by atoms with Crippen molar-refractivity contribution in [3.63, 3.8) is 0 Å². The van der Waals surface area contributed by atoms with Gasteiger partial charge in [-0.3, -0.25) is 0 Å². The Balaban J connectivity index is 2.30. The van der Waals surface area contributed by atoms with Crippen LogP contribution in [-0.2, 0) is 5.41 Å². The van der Waals surface area contributed by atoms with Crippen LogP contribution in [0.2, 0.25) is 0 Å². The van der Waals surface area contributed by atoms with E-state index in [1.165, 1.54) is 12.1 Å². The molecule has 0 amide bonds. The number of hydrogen-bond acceptors (Lipinski definition) is 4. The van der Waals surface area contributed by atoms with E-state index in [9.17, 15) is 9.18 Å². The maximum absolute atomic E-state index is 12.8. The standard InChI is InChI=1S/C13H13FN2O3/c1-13(2,7-14)12-15-10(16-19-12)8-3-5-9(6-4-8)11(17)18/h3-6H,7H2,1-2H3,(H,17,18). The molecule has 5 nitrogen and oxygen atoms in total. The number of rotatable bonds is 4. The van der Waals surface area contributed by atoms with Gasteiger partial charge >= 0.3 is 5.97 Å². The third-order valence-corrected chi connectivity index (χ3v) is 2.73. The van der Waals surface area contributed by atoms with Crippen LogP contribution in [0, 0.1) is 0 Å². The first-order valence-electron chi connectivity index (χ1n) is 5.68. The summed E-state index contributed by atoms with van der Waals surface area (Å²) < 4.78 is 17.9. The first-order valence-corrected chi connectivity index (χ1v) is 5.68. The van der Waals surface area contributed by atoms with Crippen LogP contribution in [0.4, 0.5) is 4.39 Å². The molecule has 100 valence electrons. The van der Waals surface area contributed by atoms with Gasteiger partial charge in [0.05, 0.1) is 11.0 Å². The van der Waals surface area contributed by atoms with E-state index in [2.05, 4.69) is 10.1 Å². The highest BCUT2D eigenvalue weighted by Crippen LogP contribution is 2.25. The fourth-order valence-corrected chi connectivity index (χ4v) is 1.43. The highest BCUT2D eigenvalue weighted by molar-refractivity contribution is 5.88. The third-order valence-electron chi connectivity index (χ3n) is 2.73. The molecule has 0 saturated carbocycles.